The van der Waals surface area contributed by atoms with Crippen molar-refractivity contribution in [2.24, 2.45) is 5.92 Å². The Balaban J connectivity index is 1.41. The fourth-order valence-corrected chi connectivity index (χ4v) is 4.55. The van der Waals surface area contributed by atoms with Crippen molar-refractivity contribution in [1.82, 2.24) is 4.90 Å². The van der Waals surface area contributed by atoms with Gasteiger partial charge in [-0.25, -0.2) is 0 Å². The Morgan fingerprint density at radius 1 is 0.969 bits per heavy atom. The van der Waals surface area contributed by atoms with Gasteiger partial charge in [0.05, 0.1) is 24.3 Å². The Kier molecular flexibility index (Phi) is 6.73. The van der Waals surface area contributed by atoms with Crippen LogP contribution in [0.5, 0.6) is 5.75 Å². The molecule has 1 saturated heterocycles. The number of anilines is 2. The van der Waals surface area contributed by atoms with Gasteiger partial charge in [-0.3, -0.25) is 14.4 Å². The minimum atomic E-state index is -0.401. The Hall–Kier alpha value is -3.35. The van der Waals surface area contributed by atoms with E-state index in [1.807, 2.05) is 4.90 Å². The second-order valence-corrected chi connectivity index (χ2v) is 8.46. The van der Waals surface area contributed by atoms with Crippen molar-refractivity contribution >= 4 is 29.1 Å². The second kappa shape index (κ2) is 9.85. The predicted molar refractivity (Wildman–Crippen MR) is 123 cm³/mol. The number of carbonyl (C=O) groups excluding carboxylic acids is 3. The Labute approximate surface area is 188 Å². The Bertz CT molecular complexity index is 983. The smallest absolute Gasteiger partial charge is 0.257 e. The van der Waals surface area contributed by atoms with Crippen LogP contribution in [0.1, 0.15) is 48.9 Å². The van der Waals surface area contributed by atoms with Gasteiger partial charge in [0.25, 0.3) is 5.91 Å². The standard InChI is InChI=1S/C25H29N3O4/c1-32-20-13-11-18(12-14-20)26-25(31)21-9-5-6-10-22(21)27-24(30)17-15-23(29)28(16-17)19-7-3-2-4-8-19/h5-6,9-14,17,19H,2-4,7-8,15-16H2,1H3,(H,26,31)(H,27,30)/t17-/m0/s1. The molecule has 0 radical (unpaired) electrons. The molecule has 3 amide bonds. The third-order valence-corrected chi connectivity index (χ3v) is 6.32. The highest BCUT2D eigenvalue weighted by Crippen LogP contribution is 2.29. The molecule has 0 spiro atoms. The monoisotopic (exact) mass is 435 g/mol. The molecule has 32 heavy (non-hydrogen) atoms. The van der Waals surface area contributed by atoms with Crippen LogP contribution in [0.25, 0.3) is 0 Å². The zero-order chi connectivity index (χ0) is 22.5. The van der Waals surface area contributed by atoms with Gasteiger partial charge in [0.15, 0.2) is 0 Å². The lowest BCUT2D eigenvalue weighted by molar-refractivity contribution is -0.130. The quantitative estimate of drug-likeness (QED) is 0.716. The number of hydrogen-bond acceptors (Lipinski definition) is 4. The van der Waals surface area contributed by atoms with Gasteiger partial charge in [0.1, 0.15) is 5.75 Å². The summed E-state index contributed by atoms with van der Waals surface area (Å²) in [4.78, 5) is 40.2. The molecule has 7 nitrogen and oxygen atoms in total. The second-order valence-electron chi connectivity index (χ2n) is 8.46. The van der Waals surface area contributed by atoms with Crippen molar-refractivity contribution in [3.8, 4) is 5.75 Å². The number of benzene rings is 2. The molecule has 0 aromatic heterocycles. The number of hydrogen-bond donors (Lipinski definition) is 2. The van der Waals surface area contributed by atoms with Crippen LogP contribution in [-0.4, -0.2) is 42.3 Å². The largest absolute Gasteiger partial charge is 0.497 e. The molecule has 2 aliphatic rings. The van der Waals surface area contributed by atoms with E-state index in [4.69, 9.17) is 4.74 Å². The summed E-state index contributed by atoms with van der Waals surface area (Å²) in [5, 5.41) is 5.72. The first-order valence-corrected chi connectivity index (χ1v) is 11.2. The molecule has 1 saturated carbocycles. The fraction of sp³-hybridized carbons (Fsp3) is 0.400. The molecule has 1 heterocycles. The van der Waals surface area contributed by atoms with Gasteiger partial charge in [-0.05, 0) is 49.2 Å². The fourth-order valence-electron chi connectivity index (χ4n) is 4.55. The van der Waals surface area contributed by atoms with Crippen molar-refractivity contribution in [1.29, 1.82) is 0 Å². The highest BCUT2D eigenvalue weighted by Gasteiger charge is 2.38. The van der Waals surface area contributed by atoms with E-state index in [0.29, 0.717) is 29.2 Å². The number of likely N-dealkylation sites (tertiary alicyclic amines) is 1. The molecule has 2 N–H and O–H groups in total. The van der Waals surface area contributed by atoms with Gasteiger partial charge in [-0.15, -0.1) is 0 Å². The molecule has 0 bridgehead atoms. The van der Waals surface area contributed by atoms with Crippen LogP contribution in [0.4, 0.5) is 11.4 Å². The van der Waals surface area contributed by atoms with Gasteiger partial charge < -0.3 is 20.3 Å². The summed E-state index contributed by atoms with van der Waals surface area (Å²) in [7, 11) is 1.58. The zero-order valence-electron chi connectivity index (χ0n) is 18.3. The first kappa shape index (κ1) is 21.9. The van der Waals surface area contributed by atoms with Crippen LogP contribution in [-0.2, 0) is 9.59 Å². The van der Waals surface area contributed by atoms with Gasteiger partial charge in [-0.1, -0.05) is 31.4 Å². The molecule has 1 aliphatic heterocycles. The maximum absolute atomic E-state index is 13.0. The van der Waals surface area contributed by atoms with E-state index in [9.17, 15) is 14.4 Å². The predicted octanol–water partition coefficient (Wildman–Crippen LogP) is 4.07. The zero-order valence-corrected chi connectivity index (χ0v) is 18.3. The van der Waals surface area contributed by atoms with E-state index in [-0.39, 0.29) is 30.2 Å². The number of amides is 3. The van der Waals surface area contributed by atoms with Crippen molar-refractivity contribution in [3.63, 3.8) is 0 Å². The van der Waals surface area contributed by atoms with Crippen LogP contribution < -0.4 is 15.4 Å². The number of nitrogens with zero attached hydrogens (tertiary/aromatic N) is 1. The maximum atomic E-state index is 13.0. The molecule has 0 unspecified atom stereocenters. The summed E-state index contributed by atoms with van der Waals surface area (Å²) in [5.41, 5.74) is 1.43. The lowest BCUT2D eigenvalue weighted by atomic mass is 9.94. The van der Waals surface area contributed by atoms with Crippen LogP contribution >= 0.6 is 0 Å². The number of carbonyl (C=O) groups is 3. The highest BCUT2D eigenvalue weighted by molar-refractivity contribution is 6.10. The lowest BCUT2D eigenvalue weighted by Gasteiger charge is -2.31. The topological polar surface area (TPSA) is 87.7 Å². The molecule has 168 valence electrons. The highest BCUT2D eigenvalue weighted by atomic mass is 16.5. The molecular formula is C25H29N3O4. The van der Waals surface area contributed by atoms with E-state index in [2.05, 4.69) is 10.6 Å². The first-order chi connectivity index (χ1) is 15.5. The summed E-state index contributed by atoms with van der Waals surface area (Å²) in [5.74, 6) is -0.187. The van der Waals surface area contributed by atoms with Gasteiger partial charge in [-0.2, -0.15) is 0 Å². The number of methoxy groups -OCH3 is 1. The summed E-state index contributed by atoms with van der Waals surface area (Å²) in [6.07, 6.45) is 5.77. The van der Waals surface area contributed by atoms with E-state index in [1.54, 1.807) is 55.6 Å². The van der Waals surface area contributed by atoms with Gasteiger partial charge in [0.2, 0.25) is 11.8 Å². The van der Waals surface area contributed by atoms with Crippen molar-refractivity contribution in [2.45, 2.75) is 44.6 Å². The summed E-state index contributed by atoms with van der Waals surface area (Å²) < 4.78 is 5.14. The SMILES string of the molecule is COc1ccc(NC(=O)c2ccccc2NC(=O)[C@H]2CC(=O)N(C3CCCCC3)C2)cc1. The molecule has 1 atom stereocenters. The molecule has 1 aliphatic carbocycles. The number of ether oxygens (including phenoxy) is 1. The number of para-hydroxylation sites is 1. The minimum Gasteiger partial charge on any atom is -0.497 e. The summed E-state index contributed by atoms with van der Waals surface area (Å²) in [6, 6.07) is 14.2. The third-order valence-electron chi connectivity index (χ3n) is 6.32. The van der Waals surface area contributed by atoms with Crippen LogP contribution in [0.2, 0.25) is 0 Å². The average molecular weight is 436 g/mol. The molecule has 7 heteroatoms. The minimum absolute atomic E-state index is 0.0579. The van der Waals surface area contributed by atoms with E-state index < -0.39 is 5.92 Å². The number of nitrogens with one attached hydrogen (secondary N) is 2. The van der Waals surface area contributed by atoms with Crippen molar-refractivity contribution in [3.05, 3.63) is 54.1 Å². The van der Waals surface area contributed by atoms with Crippen LogP contribution in [0, 0.1) is 5.92 Å². The van der Waals surface area contributed by atoms with E-state index in [1.165, 1.54) is 6.42 Å². The van der Waals surface area contributed by atoms with E-state index in [0.717, 1.165) is 25.7 Å². The van der Waals surface area contributed by atoms with Crippen LogP contribution in [0.15, 0.2) is 48.5 Å². The van der Waals surface area contributed by atoms with Gasteiger partial charge >= 0.3 is 0 Å². The average Bonchev–Trinajstić information content (AvgIpc) is 3.22. The summed E-state index contributed by atoms with van der Waals surface area (Å²) >= 11 is 0. The molecule has 2 aromatic rings. The van der Waals surface area contributed by atoms with Crippen molar-refractivity contribution in [2.75, 3.05) is 24.3 Å². The normalized spacial score (nSPS) is 19.0. The van der Waals surface area contributed by atoms with E-state index >= 15 is 0 Å². The third kappa shape index (κ3) is 4.93. The van der Waals surface area contributed by atoms with Crippen molar-refractivity contribution < 1.29 is 19.1 Å². The lowest BCUT2D eigenvalue weighted by Crippen LogP contribution is -2.38. The molecular weight excluding hydrogens is 406 g/mol. The summed E-state index contributed by atoms with van der Waals surface area (Å²) in [6.45, 7) is 0.454. The first-order valence-electron chi connectivity index (χ1n) is 11.2. The maximum Gasteiger partial charge on any atom is 0.257 e. The Morgan fingerprint density at radius 2 is 1.69 bits per heavy atom. The molecule has 4 rings (SSSR count). The Morgan fingerprint density at radius 3 is 2.41 bits per heavy atom. The van der Waals surface area contributed by atoms with Crippen LogP contribution in [0.3, 0.4) is 0 Å². The molecule has 2 fully saturated rings. The molecule has 2 aromatic carbocycles. The number of rotatable bonds is 6. The van der Waals surface area contributed by atoms with Gasteiger partial charge in [0, 0.05) is 24.7 Å².